The van der Waals surface area contributed by atoms with Crippen LogP contribution >= 0.6 is 11.3 Å². The van der Waals surface area contributed by atoms with Gasteiger partial charge in [0.1, 0.15) is 10.9 Å². The largest absolute Gasteiger partial charge is 0.303 e. The lowest BCUT2D eigenvalue weighted by Crippen LogP contribution is -2.21. The van der Waals surface area contributed by atoms with E-state index >= 15 is 0 Å². The summed E-state index contributed by atoms with van der Waals surface area (Å²) in [6, 6.07) is 2.12. The first kappa shape index (κ1) is 9.63. The van der Waals surface area contributed by atoms with Crippen LogP contribution in [0.25, 0.3) is 0 Å². The molecule has 3 nitrogen and oxygen atoms in total. The Morgan fingerprint density at radius 1 is 1.50 bits per heavy atom. The van der Waals surface area contributed by atoms with Crippen LogP contribution in [-0.2, 0) is 6.42 Å². The second-order valence-electron chi connectivity index (χ2n) is 3.53. The SMILES string of the molecule is N#Cc1cnc(CCN2CCCC2)s1. The molecule has 0 N–H and O–H groups in total. The Morgan fingerprint density at radius 2 is 2.29 bits per heavy atom. The van der Waals surface area contributed by atoms with E-state index in [2.05, 4.69) is 16.0 Å². The van der Waals surface area contributed by atoms with Crippen molar-refractivity contribution in [3.8, 4) is 6.07 Å². The van der Waals surface area contributed by atoms with Gasteiger partial charge >= 0.3 is 0 Å². The molecule has 1 saturated heterocycles. The number of hydrogen-bond donors (Lipinski definition) is 0. The van der Waals surface area contributed by atoms with E-state index in [1.807, 2.05) is 0 Å². The molecule has 4 heteroatoms. The molecule has 1 fully saturated rings. The predicted octanol–water partition coefficient (Wildman–Crippen LogP) is 1.65. The molecule has 1 aliphatic rings. The van der Waals surface area contributed by atoms with E-state index in [-0.39, 0.29) is 0 Å². The zero-order chi connectivity index (χ0) is 9.80. The number of aromatic nitrogens is 1. The third-order valence-corrected chi connectivity index (χ3v) is 3.47. The maximum Gasteiger partial charge on any atom is 0.124 e. The number of nitrogens with zero attached hydrogens (tertiary/aromatic N) is 3. The molecule has 0 bridgehead atoms. The summed E-state index contributed by atoms with van der Waals surface area (Å²) in [6.45, 7) is 3.56. The van der Waals surface area contributed by atoms with Gasteiger partial charge in [0.2, 0.25) is 0 Å². The minimum Gasteiger partial charge on any atom is -0.303 e. The van der Waals surface area contributed by atoms with E-state index in [0.717, 1.165) is 22.9 Å². The summed E-state index contributed by atoms with van der Waals surface area (Å²) >= 11 is 1.52. The fourth-order valence-corrected chi connectivity index (χ4v) is 2.44. The molecule has 0 saturated carbocycles. The van der Waals surface area contributed by atoms with Crippen LogP contribution in [0.15, 0.2) is 6.20 Å². The van der Waals surface area contributed by atoms with Crippen molar-refractivity contribution in [2.45, 2.75) is 19.3 Å². The molecule has 2 rings (SSSR count). The van der Waals surface area contributed by atoms with Gasteiger partial charge in [0.25, 0.3) is 0 Å². The lowest BCUT2D eigenvalue weighted by atomic mass is 10.4. The second-order valence-corrected chi connectivity index (χ2v) is 4.64. The van der Waals surface area contributed by atoms with Crippen LogP contribution < -0.4 is 0 Å². The van der Waals surface area contributed by atoms with Gasteiger partial charge in [0.05, 0.1) is 11.2 Å². The van der Waals surface area contributed by atoms with Crippen molar-refractivity contribution in [1.82, 2.24) is 9.88 Å². The monoisotopic (exact) mass is 207 g/mol. The Bertz CT molecular complexity index is 333. The van der Waals surface area contributed by atoms with Crippen LogP contribution in [0.2, 0.25) is 0 Å². The summed E-state index contributed by atoms with van der Waals surface area (Å²) in [4.78, 5) is 7.41. The Labute approximate surface area is 88.0 Å². The van der Waals surface area contributed by atoms with Crippen molar-refractivity contribution in [1.29, 1.82) is 5.26 Å². The maximum absolute atomic E-state index is 8.64. The molecule has 0 atom stereocenters. The zero-order valence-electron chi connectivity index (χ0n) is 8.07. The number of nitriles is 1. The molecule has 2 heterocycles. The van der Waals surface area contributed by atoms with E-state index in [0.29, 0.717) is 0 Å². The number of rotatable bonds is 3. The van der Waals surface area contributed by atoms with Crippen LogP contribution in [0.4, 0.5) is 0 Å². The topological polar surface area (TPSA) is 39.9 Å². The van der Waals surface area contributed by atoms with Gasteiger partial charge < -0.3 is 4.90 Å². The number of hydrogen-bond acceptors (Lipinski definition) is 4. The molecule has 0 unspecified atom stereocenters. The zero-order valence-corrected chi connectivity index (χ0v) is 8.89. The van der Waals surface area contributed by atoms with E-state index < -0.39 is 0 Å². The normalized spacial score (nSPS) is 17.1. The Balaban J connectivity index is 1.82. The third kappa shape index (κ3) is 2.31. The fourth-order valence-electron chi connectivity index (χ4n) is 1.74. The van der Waals surface area contributed by atoms with Gasteiger partial charge in [-0.1, -0.05) is 0 Å². The Hall–Kier alpha value is -0.920. The summed E-state index contributed by atoms with van der Waals surface area (Å²) in [7, 11) is 0. The molecule has 0 spiro atoms. The average molecular weight is 207 g/mol. The molecule has 0 aromatic carbocycles. The highest BCUT2D eigenvalue weighted by molar-refractivity contribution is 7.12. The molecule has 1 aromatic heterocycles. The minimum atomic E-state index is 0.724. The van der Waals surface area contributed by atoms with Gasteiger partial charge in [-0.15, -0.1) is 11.3 Å². The third-order valence-electron chi connectivity index (χ3n) is 2.50. The van der Waals surface area contributed by atoms with Gasteiger partial charge in [-0.3, -0.25) is 0 Å². The van der Waals surface area contributed by atoms with Crippen molar-refractivity contribution in [2.75, 3.05) is 19.6 Å². The summed E-state index contributed by atoms with van der Waals surface area (Å²) in [6.07, 6.45) is 5.33. The second kappa shape index (κ2) is 4.54. The highest BCUT2D eigenvalue weighted by Gasteiger charge is 2.11. The van der Waals surface area contributed by atoms with Crippen molar-refractivity contribution in [2.24, 2.45) is 0 Å². The van der Waals surface area contributed by atoms with Crippen LogP contribution in [-0.4, -0.2) is 29.5 Å². The molecular weight excluding hydrogens is 194 g/mol. The highest BCUT2D eigenvalue weighted by Crippen LogP contribution is 2.14. The molecule has 1 aromatic rings. The van der Waals surface area contributed by atoms with Gasteiger partial charge in [0.15, 0.2) is 0 Å². The summed E-state index contributed by atoms with van der Waals surface area (Å²) < 4.78 is 0. The predicted molar refractivity (Wildman–Crippen MR) is 56.2 cm³/mol. The fraction of sp³-hybridized carbons (Fsp3) is 0.600. The van der Waals surface area contributed by atoms with E-state index in [1.165, 1.54) is 37.3 Å². The molecule has 1 aliphatic heterocycles. The van der Waals surface area contributed by atoms with E-state index in [9.17, 15) is 0 Å². The number of likely N-dealkylation sites (tertiary alicyclic amines) is 1. The molecule has 0 radical (unpaired) electrons. The minimum absolute atomic E-state index is 0.724. The highest BCUT2D eigenvalue weighted by atomic mass is 32.1. The van der Waals surface area contributed by atoms with Crippen molar-refractivity contribution >= 4 is 11.3 Å². The molecule has 74 valence electrons. The van der Waals surface area contributed by atoms with E-state index in [1.54, 1.807) is 6.20 Å². The molecule has 14 heavy (non-hydrogen) atoms. The van der Waals surface area contributed by atoms with Crippen molar-refractivity contribution in [3.63, 3.8) is 0 Å². The van der Waals surface area contributed by atoms with Gasteiger partial charge in [0, 0.05) is 13.0 Å². The first-order chi connectivity index (χ1) is 6.88. The van der Waals surface area contributed by atoms with Gasteiger partial charge in [-0.2, -0.15) is 5.26 Å². The molecule has 0 amide bonds. The lowest BCUT2D eigenvalue weighted by Gasteiger charge is -2.12. The Kier molecular flexibility index (Phi) is 3.12. The van der Waals surface area contributed by atoms with Crippen LogP contribution in [0, 0.1) is 11.3 Å². The van der Waals surface area contributed by atoms with Gasteiger partial charge in [-0.05, 0) is 25.9 Å². The lowest BCUT2D eigenvalue weighted by molar-refractivity contribution is 0.343. The maximum atomic E-state index is 8.64. The quantitative estimate of drug-likeness (QED) is 0.756. The van der Waals surface area contributed by atoms with Crippen LogP contribution in [0.5, 0.6) is 0 Å². The average Bonchev–Trinajstić information content (AvgIpc) is 2.86. The van der Waals surface area contributed by atoms with E-state index in [4.69, 9.17) is 5.26 Å². The molecule has 0 aliphatic carbocycles. The van der Waals surface area contributed by atoms with Gasteiger partial charge in [-0.25, -0.2) is 4.98 Å². The standard InChI is InChI=1S/C10H13N3S/c11-7-9-8-12-10(14-9)3-6-13-4-1-2-5-13/h8H,1-6H2. The van der Waals surface area contributed by atoms with Crippen molar-refractivity contribution < 1.29 is 0 Å². The van der Waals surface area contributed by atoms with Crippen LogP contribution in [0.1, 0.15) is 22.7 Å². The first-order valence-corrected chi connectivity index (χ1v) is 5.77. The summed E-state index contributed by atoms with van der Waals surface area (Å²) in [5.74, 6) is 0. The van der Waals surface area contributed by atoms with Crippen molar-refractivity contribution in [3.05, 3.63) is 16.1 Å². The Morgan fingerprint density at radius 3 is 2.93 bits per heavy atom. The first-order valence-electron chi connectivity index (χ1n) is 4.95. The van der Waals surface area contributed by atoms with Crippen LogP contribution in [0.3, 0.4) is 0 Å². The number of thiazole rings is 1. The summed E-state index contributed by atoms with van der Waals surface area (Å²) in [5, 5.41) is 9.73. The molecular formula is C10H13N3S. The summed E-state index contributed by atoms with van der Waals surface area (Å²) in [5.41, 5.74) is 0. The smallest absolute Gasteiger partial charge is 0.124 e.